The fourth-order valence-electron chi connectivity index (χ4n) is 2.22. The maximum atomic E-state index is 12.2. The van der Waals surface area contributed by atoms with Crippen LogP contribution in [0.25, 0.3) is 0 Å². The van der Waals surface area contributed by atoms with Crippen molar-refractivity contribution in [2.24, 2.45) is 5.92 Å². The first-order chi connectivity index (χ1) is 11.6. The summed E-state index contributed by atoms with van der Waals surface area (Å²) in [6.07, 6.45) is 3.26. The van der Waals surface area contributed by atoms with Crippen LogP contribution in [0.4, 0.5) is 5.82 Å². The molecule has 7 heteroatoms. The molecule has 0 radical (unpaired) electrons. The third-order valence-electron chi connectivity index (χ3n) is 3.40. The molecule has 0 fully saturated rings. The number of esters is 1. The van der Waals surface area contributed by atoms with Crippen molar-refractivity contribution in [3.8, 4) is 0 Å². The van der Waals surface area contributed by atoms with Crippen LogP contribution in [0.1, 0.15) is 23.0 Å². The van der Waals surface area contributed by atoms with Crippen LogP contribution in [0.15, 0.2) is 42.7 Å². The van der Waals surface area contributed by atoms with Gasteiger partial charge in [-0.05, 0) is 18.9 Å². The predicted molar refractivity (Wildman–Crippen MR) is 89.0 cm³/mol. The van der Waals surface area contributed by atoms with Gasteiger partial charge < -0.3 is 15.8 Å². The number of amides is 1. The van der Waals surface area contributed by atoms with Crippen molar-refractivity contribution < 1.29 is 14.3 Å². The Morgan fingerprint density at radius 1 is 1.21 bits per heavy atom. The van der Waals surface area contributed by atoms with Crippen LogP contribution in [0.5, 0.6) is 0 Å². The number of nitrogens with two attached hydrogens (primary N) is 1. The molecule has 1 amide bonds. The van der Waals surface area contributed by atoms with Crippen molar-refractivity contribution in [2.45, 2.75) is 13.3 Å². The minimum Gasteiger partial charge on any atom is -0.466 e. The zero-order chi connectivity index (χ0) is 17.4. The molecular weight excluding hydrogens is 308 g/mol. The highest BCUT2D eigenvalue weighted by molar-refractivity contribution is 5.96. The third-order valence-corrected chi connectivity index (χ3v) is 3.40. The van der Waals surface area contributed by atoms with E-state index >= 15 is 0 Å². The molecule has 0 aliphatic carbocycles. The summed E-state index contributed by atoms with van der Waals surface area (Å²) in [6.45, 7) is 2.16. The van der Waals surface area contributed by atoms with Crippen molar-refractivity contribution >= 4 is 17.7 Å². The molecule has 1 aromatic heterocycles. The Labute approximate surface area is 140 Å². The highest BCUT2D eigenvalue weighted by Gasteiger charge is 2.22. The van der Waals surface area contributed by atoms with Crippen LogP contribution in [-0.4, -0.2) is 35.0 Å². The average molecular weight is 328 g/mol. The summed E-state index contributed by atoms with van der Waals surface area (Å²) >= 11 is 0. The van der Waals surface area contributed by atoms with Crippen LogP contribution in [0.2, 0.25) is 0 Å². The minimum absolute atomic E-state index is 0.0415. The quantitative estimate of drug-likeness (QED) is 0.740. The van der Waals surface area contributed by atoms with Crippen molar-refractivity contribution in [1.29, 1.82) is 0 Å². The van der Waals surface area contributed by atoms with Gasteiger partial charge in [0.1, 0.15) is 0 Å². The molecule has 0 unspecified atom stereocenters. The summed E-state index contributed by atoms with van der Waals surface area (Å²) in [4.78, 5) is 32.0. The van der Waals surface area contributed by atoms with E-state index in [0.29, 0.717) is 6.42 Å². The van der Waals surface area contributed by atoms with Crippen molar-refractivity contribution in [3.63, 3.8) is 0 Å². The molecule has 0 bridgehead atoms. The van der Waals surface area contributed by atoms with E-state index in [4.69, 9.17) is 10.5 Å². The molecule has 24 heavy (non-hydrogen) atoms. The van der Waals surface area contributed by atoms with Gasteiger partial charge in [0.25, 0.3) is 5.91 Å². The molecule has 3 N–H and O–H groups in total. The fourth-order valence-corrected chi connectivity index (χ4v) is 2.22. The van der Waals surface area contributed by atoms with E-state index in [0.717, 1.165) is 5.56 Å². The zero-order valence-corrected chi connectivity index (χ0v) is 13.4. The lowest BCUT2D eigenvalue weighted by Crippen LogP contribution is -2.35. The van der Waals surface area contributed by atoms with Crippen molar-refractivity contribution in [2.75, 3.05) is 18.9 Å². The number of ether oxygens (including phenoxy) is 1. The van der Waals surface area contributed by atoms with Crippen LogP contribution in [-0.2, 0) is 16.0 Å². The molecule has 0 aliphatic heterocycles. The first kappa shape index (κ1) is 17.4. The minimum atomic E-state index is -0.491. The lowest BCUT2D eigenvalue weighted by Gasteiger charge is -2.16. The van der Waals surface area contributed by atoms with Crippen LogP contribution in [0, 0.1) is 5.92 Å². The molecule has 2 aromatic rings. The number of rotatable bonds is 7. The number of benzene rings is 1. The zero-order valence-electron chi connectivity index (χ0n) is 13.4. The second-order valence-corrected chi connectivity index (χ2v) is 5.14. The number of aromatic nitrogens is 2. The molecule has 1 aromatic carbocycles. The van der Waals surface area contributed by atoms with Crippen molar-refractivity contribution in [1.82, 2.24) is 15.3 Å². The predicted octanol–water partition coefficient (Wildman–Crippen LogP) is 1.21. The van der Waals surface area contributed by atoms with Gasteiger partial charge in [-0.2, -0.15) is 0 Å². The van der Waals surface area contributed by atoms with Crippen molar-refractivity contribution in [3.05, 3.63) is 54.0 Å². The summed E-state index contributed by atoms with van der Waals surface area (Å²) in [7, 11) is 0. The van der Waals surface area contributed by atoms with Gasteiger partial charge in [0.15, 0.2) is 11.5 Å². The van der Waals surface area contributed by atoms with Gasteiger partial charge in [-0.15, -0.1) is 0 Å². The molecule has 0 spiro atoms. The molecule has 1 atom stereocenters. The molecule has 0 aliphatic rings. The average Bonchev–Trinajstić information content (AvgIpc) is 2.59. The summed E-state index contributed by atoms with van der Waals surface area (Å²) in [5.74, 6) is -1.27. The normalized spacial score (nSPS) is 11.5. The summed E-state index contributed by atoms with van der Waals surface area (Å²) in [6, 6.07) is 9.55. The molecule has 0 saturated heterocycles. The van der Waals surface area contributed by atoms with E-state index in [1.165, 1.54) is 12.4 Å². The maximum Gasteiger partial charge on any atom is 0.311 e. The van der Waals surface area contributed by atoms with Gasteiger partial charge in [-0.3, -0.25) is 9.59 Å². The molecule has 7 nitrogen and oxygen atoms in total. The Bertz CT molecular complexity index is 691. The van der Waals surface area contributed by atoms with E-state index in [-0.39, 0.29) is 30.6 Å². The molecular formula is C17H20N4O3. The summed E-state index contributed by atoms with van der Waals surface area (Å²) < 4.78 is 5.10. The van der Waals surface area contributed by atoms with Gasteiger partial charge in [0.2, 0.25) is 0 Å². The second kappa shape index (κ2) is 8.61. The standard InChI is InChI=1S/C17H20N4O3/c1-2-24-17(23)13(10-12-6-4-3-5-7-12)11-21-16(22)14-15(18)20-9-8-19-14/h3-9,13H,2,10-11H2,1H3,(H2,18,20)(H,21,22)/t13-/m1/s1. The number of carbonyl (C=O) groups is 2. The maximum absolute atomic E-state index is 12.2. The number of nitrogens with zero attached hydrogens (tertiary/aromatic N) is 2. The molecule has 0 saturated carbocycles. The smallest absolute Gasteiger partial charge is 0.311 e. The number of carbonyl (C=O) groups excluding carboxylic acids is 2. The van der Waals surface area contributed by atoms with E-state index in [9.17, 15) is 9.59 Å². The van der Waals surface area contributed by atoms with E-state index < -0.39 is 11.8 Å². The molecule has 2 rings (SSSR count). The Hall–Kier alpha value is -2.96. The van der Waals surface area contributed by atoms with Gasteiger partial charge in [-0.1, -0.05) is 30.3 Å². The molecule has 126 valence electrons. The number of hydrogen-bond donors (Lipinski definition) is 2. The van der Waals surface area contributed by atoms with Crippen LogP contribution in [0.3, 0.4) is 0 Å². The van der Waals surface area contributed by atoms with Gasteiger partial charge in [-0.25, -0.2) is 9.97 Å². The van der Waals surface area contributed by atoms with Gasteiger partial charge in [0, 0.05) is 18.9 Å². The highest BCUT2D eigenvalue weighted by atomic mass is 16.5. The Balaban J connectivity index is 2.04. The third kappa shape index (κ3) is 4.77. The number of hydrogen-bond acceptors (Lipinski definition) is 6. The molecule has 1 heterocycles. The fraction of sp³-hybridized carbons (Fsp3) is 0.294. The van der Waals surface area contributed by atoms with E-state index in [1.54, 1.807) is 6.92 Å². The van der Waals surface area contributed by atoms with Crippen LogP contribution < -0.4 is 11.1 Å². The summed E-state index contributed by atoms with van der Waals surface area (Å²) in [5.41, 5.74) is 6.66. The number of nitrogens with one attached hydrogen (secondary N) is 1. The van der Waals surface area contributed by atoms with E-state index in [1.807, 2.05) is 30.3 Å². The Kier molecular flexibility index (Phi) is 6.24. The Morgan fingerprint density at radius 3 is 2.58 bits per heavy atom. The van der Waals surface area contributed by atoms with Crippen LogP contribution >= 0.6 is 0 Å². The monoisotopic (exact) mass is 328 g/mol. The largest absolute Gasteiger partial charge is 0.466 e. The topological polar surface area (TPSA) is 107 Å². The number of nitrogen functional groups attached to an aromatic ring is 1. The number of anilines is 1. The lowest BCUT2D eigenvalue weighted by atomic mass is 9.99. The first-order valence-corrected chi connectivity index (χ1v) is 7.67. The van der Waals surface area contributed by atoms with Gasteiger partial charge >= 0.3 is 5.97 Å². The second-order valence-electron chi connectivity index (χ2n) is 5.14. The highest BCUT2D eigenvalue weighted by Crippen LogP contribution is 2.11. The SMILES string of the molecule is CCOC(=O)[C@@H](CNC(=O)c1nccnc1N)Cc1ccccc1. The lowest BCUT2D eigenvalue weighted by molar-refractivity contribution is -0.147. The van der Waals surface area contributed by atoms with Gasteiger partial charge in [0.05, 0.1) is 12.5 Å². The summed E-state index contributed by atoms with van der Waals surface area (Å²) in [5, 5.41) is 2.68. The Morgan fingerprint density at radius 2 is 1.92 bits per heavy atom. The first-order valence-electron chi connectivity index (χ1n) is 7.67. The van der Waals surface area contributed by atoms with E-state index in [2.05, 4.69) is 15.3 Å².